The standard InChI is InChI=1S/C17H25N3O/c1-12(2)17(8-9-17)11-19-16(18)20-14-7-10-21-15-6-4-3-5-13(14)15/h3-6,12,14H,7-11H2,1-2H3,(H3,18,19,20). The van der Waals surface area contributed by atoms with E-state index in [2.05, 4.69) is 30.2 Å². The van der Waals surface area contributed by atoms with Crippen LogP contribution in [0.5, 0.6) is 5.75 Å². The number of hydrogen-bond donors (Lipinski definition) is 2. The van der Waals surface area contributed by atoms with Gasteiger partial charge in [0.2, 0.25) is 0 Å². The van der Waals surface area contributed by atoms with Gasteiger partial charge < -0.3 is 15.8 Å². The lowest BCUT2D eigenvalue weighted by molar-refractivity contribution is 0.262. The molecule has 1 atom stereocenters. The zero-order chi connectivity index (χ0) is 14.9. The number of nitrogens with zero attached hydrogens (tertiary/aromatic N) is 1. The molecule has 114 valence electrons. The monoisotopic (exact) mass is 287 g/mol. The van der Waals surface area contributed by atoms with E-state index in [1.807, 2.05) is 18.2 Å². The van der Waals surface area contributed by atoms with Crippen LogP contribution in [0.1, 0.15) is 44.7 Å². The first-order valence-corrected chi connectivity index (χ1v) is 7.89. The van der Waals surface area contributed by atoms with E-state index in [0.717, 1.165) is 25.3 Å². The average molecular weight is 287 g/mol. The molecule has 0 amide bonds. The third-order valence-electron chi connectivity index (χ3n) is 4.96. The van der Waals surface area contributed by atoms with Gasteiger partial charge in [0, 0.05) is 18.5 Å². The predicted octanol–water partition coefficient (Wildman–Crippen LogP) is 2.85. The summed E-state index contributed by atoms with van der Waals surface area (Å²) in [7, 11) is 0. The Labute approximate surface area is 126 Å². The number of hydrogen-bond acceptors (Lipinski definition) is 2. The van der Waals surface area contributed by atoms with E-state index >= 15 is 0 Å². The Morgan fingerprint density at radius 1 is 1.43 bits per heavy atom. The van der Waals surface area contributed by atoms with Gasteiger partial charge in [-0.15, -0.1) is 0 Å². The maximum Gasteiger partial charge on any atom is 0.189 e. The highest BCUT2D eigenvalue weighted by molar-refractivity contribution is 5.78. The Balaban J connectivity index is 1.64. The Morgan fingerprint density at radius 3 is 2.90 bits per heavy atom. The number of nitrogens with one attached hydrogen (secondary N) is 1. The zero-order valence-corrected chi connectivity index (χ0v) is 12.9. The molecule has 1 aromatic carbocycles. The highest BCUT2D eigenvalue weighted by atomic mass is 16.5. The van der Waals surface area contributed by atoms with Gasteiger partial charge in [-0.2, -0.15) is 0 Å². The Kier molecular flexibility index (Phi) is 3.79. The molecule has 2 aliphatic rings. The summed E-state index contributed by atoms with van der Waals surface area (Å²) in [5.74, 6) is 2.19. The van der Waals surface area contributed by atoms with Crippen molar-refractivity contribution in [2.24, 2.45) is 22.1 Å². The molecule has 1 aliphatic carbocycles. The summed E-state index contributed by atoms with van der Waals surface area (Å²) in [6.45, 7) is 6.12. The molecule has 3 N–H and O–H groups in total. The van der Waals surface area contributed by atoms with Crippen LogP contribution in [0.25, 0.3) is 0 Å². The molecule has 1 unspecified atom stereocenters. The van der Waals surface area contributed by atoms with Gasteiger partial charge >= 0.3 is 0 Å². The van der Waals surface area contributed by atoms with Gasteiger partial charge in [-0.05, 0) is 30.2 Å². The van der Waals surface area contributed by atoms with E-state index in [1.54, 1.807) is 0 Å². The molecule has 0 aromatic heterocycles. The van der Waals surface area contributed by atoms with E-state index in [-0.39, 0.29) is 6.04 Å². The molecule has 21 heavy (non-hydrogen) atoms. The van der Waals surface area contributed by atoms with Crippen molar-refractivity contribution < 1.29 is 4.74 Å². The summed E-state index contributed by atoms with van der Waals surface area (Å²) in [5.41, 5.74) is 7.67. The number of ether oxygens (including phenoxy) is 1. The number of fused-ring (bicyclic) bond motifs is 1. The second-order valence-corrected chi connectivity index (χ2v) is 6.59. The van der Waals surface area contributed by atoms with Crippen molar-refractivity contribution in [1.29, 1.82) is 0 Å². The number of benzene rings is 1. The van der Waals surface area contributed by atoms with Gasteiger partial charge in [-0.25, -0.2) is 0 Å². The molecule has 4 heteroatoms. The molecule has 0 saturated heterocycles. The van der Waals surface area contributed by atoms with Gasteiger partial charge in [-0.3, -0.25) is 4.99 Å². The molecule has 0 spiro atoms. The van der Waals surface area contributed by atoms with Gasteiger partial charge in [0.1, 0.15) is 5.75 Å². The lowest BCUT2D eigenvalue weighted by Crippen LogP contribution is -2.38. The molecule has 3 rings (SSSR count). The Morgan fingerprint density at radius 2 is 2.19 bits per heavy atom. The van der Waals surface area contributed by atoms with Crippen molar-refractivity contribution in [2.45, 2.75) is 39.2 Å². The van der Waals surface area contributed by atoms with Crippen molar-refractivity contribution in [3.05, 3.63) is 29.8 Å². The summed E-state index contributed by atoms with van der Waals surface area (Å²) in [6, 6.07) is 8.34. The quantitative estimate of drug-likeness (QED) is 0.661. The largest absolute Gasteiger partial charge is 0.493 e. The van der Waals surface area contributed by atoms with E-state index in [9.17, 15) is 0 Å². The van der Waals surface area contributed by atoms with Crippen LogP contribution in [-0.4, -0.2) is 19.1 Å². The lowest BCUT2D eigenvalue weighted by atomic mass is 9.93. The predicted molar refractivity (Wildman–Crippen MR) is 85.4 cm³/mol. The highest BCUT2D eigenvalue weighted by Gasteiger charge is 2.45. The Hall–Kier alpha value is -1.71. The fraction of sp³-hybridized carbons (Fsp3) is 0.588. The molecule has 1 saturated carbocycles. The van der Waals surface area contributed by atoms with E-state index in [0.29, 0.717) is 17.3 Å². The normalized spacial score (nSPS) is 23.4. The van der Waals surface area contributed by atoms with Crippen LogP contribution in [0.3, 0.4) is 0 Å². The first-order chi connectivity index (χ1) is 10.1. The van der Waals surface area contributed by atoms with Crippen molar-refractivity contribution in [3.8, 4) is 5.75 Å². The SMILES string of the molecule is CC(C)C1(CN=C(N)NC2CCOc3ccccc32)CC1. The van der Waals surface area contributed by atoms with Crippen molar-refractivity contribution in [2.75, 3.05) is 13.2 Å². The van der Waals surface area contributed by atoms with Gasteiger partial charge in [-0.1, -0.05) is 32.0 Å². The van der Waals surface area contributed by atoms with Crippen LogP contribution in [-0.2, 0) is 0 Å². The molecule has 1 aromatic rings. The van der Waals surface area contributed by atoms with E-state index < -0.39 is 0 Å². The highest BCUT2D eigenvalue weighted by Crippen LogP contribution is 2.51. The fourth-order valence-electron chi connectivity index (χ4n) is 3.04. The second kappa shape index (κ2) is 5.58. The molecular formula is C17H25N3O. The minimum atomic E-state index is 0.202. The summed E-state index contributed by atoms with van der Waals surface area (Å²) in [5, 5.41) is 3.36. The molecule has 1 aliphatic heterocycles. The van der Waals surface area contributed by atoms with Crippen molar-refractivity contribution in [1.82, 2.24) is 5.32 Å². The second-order valence-electron chi connectivity index (χ2n) is 6.59. The summed E-state index contributed by atoms with van der Waals surface area (Å²) in [4.78, 5) is 4.59. The van der Waals surface area contributed by atoms with Gasteiger partial charge in [0.25, 0.3) is 0 Å². The first-order valence-electron chi connectivity index (χ1n) is 7.89. The molecule has 1 heterocycles. The molecule has 0 radical (unpaired) electrons. The maximum atomic E-state index is 6.09. The number of nitrogens with two attached hydrogens (primary N) is 1. The topological polar surface area (TPSA) is 59.6 Å². The van der Waals surface area contributed by atoms with Crippen molar-refractivity contribution in [3.63, 3.8) is 0 Å². The third kappa shape index (κ3) is 2.99. The third-order valence-corrected chi connectivity index (χ3v) is 4.96. The minimum absolute atomic E-state index is 0.202. The van der Waals surface area contributed by atoms with Crippen molar-refractivity contribution >= 4 is 5.96 Å². The van der Waals surface area contributed by atoms with Crippen LogP contribution < -0.4 is 15.8 Å². The summed E-state index contributed by atoms with van der Waals surface area (Å²) in [6.07, 6.45) is 3.48. The van der Waals surface area contributed by atoms with Crippen LogP contribution in [0, 0.1) is 11.3 Å². The van der Waals surface area contributed by atoms with E-state index in [4.69, 9.17) is 10.5 Å². The van der Waals surface area contributed by atoms with Crippen LogP contribution in [0.2, 0.25) is 0 Å². The van der Waals surface area contributed by atoms with Gasteiger partial charge in [0.15, 0.2) is 5.96 Å². The molecule has 1 fully saturated rings. The molecular weight excluding hydrogens is 262 g/mol. The molecule has 0 bridgehead atoms. The smallest absolute Gasteiger partial charge is 0.189 e. The van der Waals surface area contributed by atoms with Crippen LogP contribution >= 0.6 is 0 Å². The zero-order valence-electron chi connectivity index (χ0n) is 12.9. The summed E-state index contributed by atoms with van der Waals surface area (Å²) >= 11 is 0. The van der Waals surface area contributed by atoms with Gasteiger partial charge in [0.05, 0.1) is 12.6 Å². The van der Waals surface area contributed by atoms with Crippen LogP contribution in [0.15, 0.2) is 29.3 Å². The number of para-hydroxylation sites is 1. The lowest BCUT2D eigenvalue weighted by Gasteiger charge is -2.27. The van der Waals surface area contributed by atoms with Crippen LogP contribution in [0.4, 0.5) is 0 Å². The summed E-state index contributed by atoms with van der Waals surface area (Å²) < 4.78 is 5.67. The fourth-order valence-corrected chi connectivity index (χ4v) is 3.04. The number of aliphatic imine (C=N–C) groups is 1. The first kappa shape index (κ1) is 14.2. The van der Waals surface area contributed by atoms with E-state index in [1.165, 1.54) is 18.4 Å². The average Bonchev–Trinajstić information content (AvgIpc) is 3.27. The molecule has 4 nitrogen and oxygen atoms in total. The Bertz CT molecular complexity index is 535. The maximum absolute atomic E-state index is 6.09. The number of rotatable bonds is 4. The number of guanidine groups is 1. The minimum Gasteiger partial charge on any atom is -0.493 e.